The fourth-order valence-corrected chi connectivity index (χ4v) is 1.33. The molecule has 1 aromatic rings. The normalized spacial score (nSPS) is 12.4. The third-order valence-corrected chi connectivity index (χ3v) is 2.10. The van der Waals surface area contributed by atoms with Crippen molar-refractivity contribution < 1.29 is 9.47 Å². The molecule has 0 amide bonds. The van der Waals surface area contributed by atoms with Crippen LogP contribution in [0.25, 0.3) is 0 Å². The van der Waals surface area contributed by atoms with Gasteiger partial charge in [0.05, 0.1) is 12.7 Å². The Morgan fingerprint density at radius 1 is 1.50 bits per heavy atom. The van der Waals surface area contributed by atoms with E-state index in [4.69, 9.17) is 26.8 Å². The van der Waals surface area contributed by atoms with Gasteiger partial charge >= 0.3 is 0 Å². The molecule has 0 saturated heterocycles. The Morgan fingerprint density at radius 2 is 2.25 bits per heavy atom. The summed E-state index contributed by atoms with van der Waals surface area (Å²) in [6.45, 7) is 1.05. The molecule has 6 nitrogen and oxygen atoms in total. The van der Waals surface area contributed by atoms with Crippen molar-refractivity contribution in [3.8, 4) is 0 Å². The van der Waals surface area contributed by atoms with Crippen molar-refractivity contribution in [1.29, 1.82) is 0 Å². The number of ether oxygens (including phenoxy) is 2. The van der Waals surface area contributed by atoms with Crippen LogP contribution in [0.15, 0.2) is 6.07 Å². The Morgan fingerprint density at radius 3 is 2.81 bits per heavy atom. The molecule has 7 heteroatoms. The maximum atomic E-state index is 5.73. The van der Waals surface area contributed by atoms with Crippen LogP contribution in [-0.4, -0.2) is 43.4 Å². The van der Waals surface area contributed by atoms with Crippen LogP contribution in [0.1, 0.15) is 0 Å². The number of hydrogen-bond donors (Lipinski definition) is 2. The molecule has 1 atom stereocenters. The molecule has 0 aliphatic carbocycles. The van der Waals surface area contributed by atoms with Gasteiger partial charge in [-0.05, 0) is 0 Å². The molecule has 1 rings (SSSR count). The zero-order valence-electron chi connectivity index (χ0n) is 9.24. The van der Waals surface area contributed by atoms with Gasteiger partial charge in [0.25, 0.3) is 0 Å². The first-order chi connectivity index (χ1) is 7.65. The fourth-order valence-electron chi connectivity index (χ4n) is 1.14. The summed E-state index contributed by atoms with van der Waals surface area (Å²) in [6.07, 6.45) is -0.0556. The molecule has 3 N–H and O–H groups in total. The van der Waals surface area contributed by atoms with Crippen LogP contribution in [0.2, 0.25) is 5.15 Å². The van der Waals surface area contributed by atoms with Crippen LogP contribution < -0.4 is 11.1 Å². The lowest BCUT2D eigenvalue weighted by molar-refractivity contribution is 0.0365. The van der Waals surface area contributed by atoms with Gasteiger partial charge in [-0.3, -0.25) is 0 Å². The van der Waals surface area contributed by atoms with Crippen molar-refractivity contribution in [2.45, 2.75) is 6.10 Å². The van der Waals surface area contributed by atoms with Crippen molar-refractivity contribution in [2.24, 2.45) is 0 Å². The average Bonchev–Trinajstić information content (AvgIpc) is 2.23. The Hall–Kier alpha value is -1.11. The molecule has 1 unspecified atom stereocenters. The molecule has 1 aromatic heterocycles. The molecule has 0 aliphatic rings. The minimum absolute atomic E-state index is 0.0556. The number of nitrogens with two attached hydrogens (primary N) is 1. The average molecular weight is 247 g/mol. The van der Waals surface area contributed by atoms with Crippen LogP contribution in [-0.2, 0) is 9.47 Å². The third-order valence-electron chi connectivity index (χ3n) is 1.91. The maximum absolute atomic E-state index is 5.73. The monoisotopic (exact) mass is 246 g/mol. The number of aromatic nitrogens is 2. The standard InChI is InChI=1S/C9H15ClN4O2/c1-15-5-6(16-2)4-12-8-3-7(10)13-9(11)14-8/h3,6H,4-5H2,1-2H3,(H3,11,12,13,14). The first kappa shape index (κ1) is 13.0. The number of methoxy groups -OCH3 is 2. The van der Waals surface area contributed by atoms with E-state index in [1.807, 2.05) is 0 Å². The Balaban J connectivity index is 2.52. The van der Waals surface area contributed by atoms with Gasteiger partial charge in [-0.25, -0.2) is 4.98 Å². The second-order valence-electron chi connectivity index (χ2n) is 3.13. The Kier molecular flexibility index (Phi) is 5.24. The number of hydrogen-bond acceptors (Lipinski definition) is 6. The first-order valence-corrected chi connectivity index (χ1v) is 5.09. The topological polar surface area (TPSA) is 82.3 Å². The predicted octanol–water partition coefficient (Wildman–Crippen LogP) is 0.785. The highest BCUT2D eigenvalue weighted by molar-refractivity contribution is 6.29. The summed E-state index contributed by atoms with van der Waals surface area (Å²) in [5.41, 5.74) is 5.45. The van der Waals surface area contributed by atoms with E-state index >= 15 is 0 Å². The molecule has 0 fully saturated rings. The van der Waals surface area contributed by atoms with Crippen molar-refractivity contribution in [1.82, 2.24) is 9.97 Å². The molecule has 0 bridgehead atoms. The van der Waals surface area contributed by atoms with Gasteiger partial charge < -0.3 is 20.5 Å². The summed E-state index contributed by atoms with van der Waals surface area (Å²) in [7, 11) is 3.23. The maximum Gasteiger partial charge on any atom is 0.223 e. The molecular weight excluding hydrogens is 232 g/mol. The van der Waals surface area contributed by atoms with Gasteiger partial charge in [0.15, 0.2) is 0 Å². The lowest BCUT2D eigenvalue weighted by atomic mass is 10.3. The minimum atomic E-state index is -0.0556. The molecular formula is C9H15ClN4O2. The van der Waals surface area contributed by atoms with Crippen molar-refractivity contribution in [3.05, 3.63) is 11.2 Å². The van der Waals surface area contributed by atoms with Crippen LogP contribution in [0.4, 0.5) is 11.8 Å². The van der Waals surface area contributed by atoms with Crippen LogP contribution in [0.3, 0.4) is 0 Å². The van der Waals surface area contributed by atoms with Crippen LogP contribution in [0, 0.1) is 0 Å². The summed E-state index contributed by atoms with van der Waals surface area (Å²) in [4.78, 5) is 7.73. The number of anilines is 2. The first-order valence-electron chi connectivity index (χ1n) is 4.71. The molecule has 0 radical (unpaired) electrons. The largest absolute Gasteiger partial charge is 0.382 e. The number of nitrogens with zero attached hydrogens (tertiary/aromatic N) is 2. The molecule has 90 valence electrons. The number of rotatable bonds is 6. The lowest BCUT2D eigenvalue weighted by Gasteiger charge is -2.15. The van der Waals surface area contributed by atoms with Gasteiger partial charge in [-0.2, -0.15) is 4.98 Å². The van der Waals surface area contributed by atoms with Crippen LogP contribution >= 0.6 is 11.6 Å². The highest BCUT2D eigenvalue weighted by atomic mass is 35.5. The third kappa shape index (κ3) is 4.18. The quantitative estimate of drug-likeness (QED) is 0.722. The van der Waals surface area contributed by atoms with E-state index in [0.29, 0.717) is 24.1 Å². The van der Waals surface area contributed by atoms with Crippen molar-refractivity contribution >= 4 is 23.4 Å². The zero-order valence-corrected chi connectivity index (χ0v) is 9.99. The molecule has 0 spiro atoms. The van der Waals surface area contributed by atoms with Gasteiger partial charge in [-0.1, -0.05) is 11.6 Å². The van der Waals surface area contributed by atoms with E-state index < -0.39 is 0 Å². The van der Waals surface area contributed by atoms with E-state index in [1.54, 1.807) is 20.3 Å². The summed E-state index contributed by atoms with van der Waals surface area (Å²) < 4.78 is 10.2. The van der Waals surface area contributed by atoms with Gasteiger partial charge in [0.2, 0.25) is 5.95 Å². The molecule has 1 heterocycles. The Bertz CT molecular complexity index is 317. The molecule has 16 heavy (non-hydrogen) atoms. The number of nitrogen functional groups attached to an aromatic ring is 1. The molecule has 0 saturated carbocycles. The minimum Gasteiger partial charge on any atom is -0.382 e. The van der Waals surface area contributed by atoms with Crippen molar-refractivity contribution in [3.63, 3.8) is 0 Å². The van der Waals surface area contributed by atoms with E-state index in [2.05, 4.69) is 15.3 Å². The fraction of sp³-hybridized carbons (Fsp3) is 0.556. The molecule has 0 aromatic carbocycles. The Labute approximate surface area is 99.1 Å². The second kappa shape index (κ2) is 6.47. The summed E-state index contributed by atoms with van der Waals surface area (Å²) >= 11 is 5.73. The number of halogens is 1. The van der Waals surface area contributed by atoms with E-state index in [1.165, 1.54) is 0 Å². The van der Waals surface area contributed by atoms with E-state index in [-0.39, 0.29) is 12.1 Å². The highest BCUT2D eigenvalue weighted by Gasteiger charge is 2.07. The predicted molar refractivity (Wildman–Crippen MR) is 62.6 cm³/mol. The van der Waals surface area contributed by atoms with E-state index in [0.717, 1.165) is 0 Å². The summed E-state index contributed by atoms with van der Waals surface area (Å²) in [5.74, 6) is 0.700. The smallest absolute Gasteiger partial charge is 0.223 e. The van der Waals surface area contributed by atoms with E-state index in [9.17, 15) is 0 Å². The molecule has 0 aliphatic heterocycles. The SMILES string of the molecule is COCC(CNc1cc(Cl)nc(N)n1)OC. The summed E-state index contributed by atoms with van der Waals surface area (Å²) in [6, 6.07) is 1.59. The summed E-state index contributed by atoms with van der Waals surface area (Å²) in [5, 5.41) is 3.34. The van der Waals surface area contributed by atoms with Gasteiger partial charge in [0, 0.05) is 26.8 Å². The van der Waals surface area contributed by atoms with Gasteiger partial charge in [0.1, 0.15) is 11.0 Å². The van der Waals surface area contributed by atoms with Crippen molar-refractivity contribution in [2.75, 3.05) is 38.4 Å². The zero-order chi connectivity index (χ0) is 12.0. The second-order valence-corrected chi connectivity index (χ2v) is 3.52. The number of nitrogens with one attached hydrogen (secondary N) is 1. The van der Waals surface area contributed by atoms with Gasteiger partial charge in [-0.15, -0.1) is 0 Å². The van der Waals surface area contributed by atoms with Crippen LogP contribution in [0.5, 0.6) is 0 Å². The lowest BCUT2D eigenvalue weighted by Crippen LogP contribution is -2.27. The highest BCUT2D eigenvalue weighted by Crippen LogP contribution is 2.12.